The van der Waals surface area contributed by atoms with Gasteiger partial charge in [-0.3, -0.25) is 0 Å². The first-order chi connectivity index (χ1) is 10.5. The molecule has 0 aliphatic carbocycles. The lowest BCUT2D eigenvalue weighted by molar-refractivity contribution is 0.865. The van der Waals surface area contributed by atoms with Crippen LogP contribution in [0.3, 0.4) is 0 Å². The molecular weight excluding hydrogens is 268 g/mol. The van der Waals surface area contributed by atoms with Crippen LogP contribution in [-0.2, 0) is 0 Å². The fraction of sp³-hybridized carbons (Fsp3) is 0.400. The van der Waals surface area contributed by atoms with Crippen molar-refractivity contribution in [1.29, 1.82) is 0 Å². The monoisotopic (exact) mass is 296 g/mol. The zero-order valence-corrected chi connectivity index (χ0v) is 14.5. The Balaban J connectivity index is 1.93. The van der Waals surface area contributed by atoms with E-state index >= 15 is 0 Å². The van der Waals surface area contributed by atoms with Crippen molar-refractivity contribution in [2.45, 2.75) is 40.5 Å². The second-order valence-electron chi connectivity index (χ2n) is 6.37. The number of hydrogen-bond donors (Lipinski definition) is 2. The van der Waals surface area contributed by atoms with E-state index in [-0.39, 0.29) is 0 Å². The fourth-order valence-electron chi connectivity index (χ4n) is 3.00. The van der Waals surface area contributed by atoms with Gasteiger partial charge >= 0.3 is 0 Å². The minimum atomic E-state index is 0.540. The highest BCUT2D eigenvalue weighted by atomic mass is 15.0. The first-order valence-electron chi connectivity index (χ1n) is 8.13. The summed E-state index contributed by atoms with van der Waals surface area (Å²) in [5, 5.41) is 7.12. The van der Waals surface area contributed by atoms with E-state index in [0.717, 1.165) is 13.1 Å². The van der Waals surface area contributed by atoms with E-state index in [1.54, 1.807) is 0 Å². The third-order valence-corrected chi connectivity index (χ3v) is 4.00. The van der Waals surface area contributed by atoms with Crippen molar-refractivity contribution in [2.75, 3.05) is 23.7 Å². The van der Waals surface area contributed by atoms with E-state index in [4.69, 9.17) is 0 Å². The smallest absolute Gasteiger partial charge is 0.0400 e. The summed E-state index contributed by atoms with van der Waals surface area (Å²) in [6, 6.07) is 13.0. The third-order valence-electron chi connectivity index (χ3n) is 4.00. The lowest BCUT2D eigenvalue weighted by atomic mass is 10.0. The van der Waals surface area contributed by atoms with Crippen molar-refractivity contribution in [2.24, 2.45) is 0 Å². The van der Waals surface area contributed by atoms with Crippen LogP contribution in [0.25, 0.3) is 0 Å². The van der Waals surface area contributed by atoms with Crippen LogP contribution < -0.4 is 10.6 Å². The van der Waals surface area contributed by atoms with Gasteiger partial charge in [0, 0.05) is 24.5 Å². The van der Waals surface area contributed by atoms with Gasteiger partial charge in [-0.15, -0.1) is 0 Å². The molecule has 2 N–H and O–H groups in total. The van der Waals surface area contributed by atoms with E-state index < -0.39 is 0 Å². The summed E-state index contributed by atoms with van der Waals surface area (Å²) in [6.07, 6.45) is 0. The minimum absolute atomic E-state index is 0.540. The predicted octanol–water partition coefficient (Wildman–Crippen LogP) is 5.26. The van der Waals surface area contributed by atoms with Crippen LogP contribution in [0.4, 0.5) is 11.4 Å². The summed E-state index contributed by atoms with van der Waals surface area (Å²) in [4.78, 5) is 0. The molecule has 0 fully saturated rings. The van der Waals surface area contributed by atoms with Crippen LogP contribution in [0.2, 0.25) is 0 Å². The Bertz CT molecular complexity index is 606. The number of rotatable bonds is 6. The van der Waals surface area contributed by atoms with Crippen LogP contribution in [-0.4, -0.2) is 13.1 Å². The van der Waals surface area contributed by atoms with E-state index in [9.17, 15) is 0 Å². The molecular formula is C20H28N2. The molecule has 0 aromatic heterocycles. The molecule has 0 heterocycles. The molecule has 0 radical (unpaired) electrons. The van der Waals surface area contributed by atoms with E-state index in [2.05, 4.69) is 81.7 Å². The number of aryl methyl sites for hydroxylation is 3. The van der Waals surface area contributed by atoms with Gasteiger partial charge in [0.25, 0.3) is 0 Å². The van der Waals surface area contributed by atoms with Crippen LogP contribution in [0, 0.1) is 20.8 Å². The molecule has 0 saturated heterocycles. The van der Waals surface area contributed by atoms with Gasteiger partial charge in [-0.25, -0.2) is 0 Å². The highest BCUT2D eigenvalue weighted by molar-refractivity contribution is 5.58. The van der Waals surface area contributed by atoms with Gasteiger partial charge in [-0.05, 0) is 49.4 Å². The number of para-hydroxylation sites is 1. The highest BCUT2D eigenvalue weighted by Gasteiger charge is 2.06. The molecule has 0 spiro atoms. The van der Waals surface area contributed by atoms with Crippen molar-refractivity contribution in [3.63, 3.8) is 0 Å². The molecule has 2 aromatic rings. The van der Waals surface area contributed by atoms with Crippen LogP contribution in [0.15, 0.2) is 36.4 Å². The molecule has 0 aliphatic heterocycles. The molecule has 2 nitrogen and oxygen atoms in total. The summed E-state index contributed by atoms with van der Waals surface area (Å²) in [6.45, 7) is 12.8. The molecule has 0 unspecified atom stereocenters. The molecule has 2 aromatic carbocycles. The standard InChI is InChI=1S/C20H28N2/c1-14(2)18-8-6-7-9-19(18)21-10-11-22-20-16(4)12-15(3)13-17(20)5/h6-9,12-14,21-22H,10-11H2,1-5H3. The Morgan fingerprint density at radius 1 is 0.864 bits per heavy atom. The number of benzene rings is 2. The van der Waals surface area contributed by atoms with Crippen molar-refractivity contribution in [3.8, 4) is 0 Å². The quantitative estimate of drug-likeness (QED) is 0.711. The van der Waals surface area contributed by atoms with Crippen molar-refractivity contribution < 1.29 is 0 Å². The van der Waals surface area contributed by atoms with E-state index in [1.807, 2.05) is 0 Å². The zero-order chi connectivity index (χ0) is 16.1. The maximum absolute atomic E-state index is 3.56. The molecule has 0 amide bonds. The fourth-order valence-corrected chi connectivity index (χ4v) is 3.00. The van der Waals surface area contributed by atoms with Gasteiger partial charge in [0.15, 0.2) is 0 Å². The Hall–Kier alpha value is -1.96. The number of hydrogen-bond acceptors (Lipinski definition) is 2. The van der Waals surface area contributed by atoms with E-state index in [0.29, 0.717) is 5.92 Å². The summed E-state index contributed by atoms with van der Waals surface area (Å²) in [5.74, 6) is 0.540. The lowest BCUT2D eigenvalue weighted by Gasteiger charge is -2.17. The van der Waals surface area contributed by atoms with Gasteiger partial charge in [0.2, 0.25) is 0 Å². The highest BCUT2D eigenvalue weighted by Crippen LogP contribution is 2.24. The summed E-state index contributed by atoms with van der Waals surface area (Å²) < 4.78 is 0. The normalized spacial score (nSPS) is 10.8. The second kappa shape index (κ2) is 7.35. The first-order valence-corrected chi connectivity index (χ1v) is 8.13. The van der Waals surface area contributed by atoms with Gasteiger partial charge in [-0.2, -0.15) is 0 Å². The number of nitrogens with one attached hydrogen (secondary N) is 2. The molecule has 0 bridgehead atoms. The summed E-state index contributed by atoms with van der Waals surface area (Å²) in [7, 11) is 0. The summed E-state index contributed by atoms with van der Waals surface area (Å²) >= 11 is 0. The zero-order valence-electron chi connectivity index (χ0n) is 14.5. The Morgan fingerprint density at radius 3 is 2.09 bits per heavy atom. The second-order valence-corrected chi connectivity index (χ2v) is 6.37. The van der Waals surface area contributed by atoms with Gasteiger partial charge in [0.05, 0.1) is 0 Å². The van der Waals surface area contributed by atoms with Gasteiger partial charge in [0.1, 0.15) is 0 Å². The van der Waals surface area contributed by atoms with Crippen molar-refractivity contribution in [3.05, 3.63) is 58.7 Å². The maximum atomic E-state index is 3.56. The van der Waals surface area contributed by atoms with Crippen LogP contribution >= 0.6 is 0 Å². The van der Waals surface area contributed by atoms with Crippen molar-refractivity contribution in [1.82, 2.24) is 0 Å². The van der Waals surface area contributed by atoms with Crippen molar-refractivity contribution >= 4 is 11.4 Å². The van der Waals surface area contributed by atoms with Crippen LogP contribution in [0.5, 0.6) is 0 Å². The van der Waals surface area contributed by atoms with Crippen LogP contribution in [0.1, 0.15) is 42.0 Å². The topological polar surface area (TPSA) is 24.1 Å². The third kappa shape index (κ3) is 4.03. The predicted molar refractivity (Wildman–Crippen MR) is 98.2 cm³/mol. The summed E-state index contributed by atoms with van der Waals surface area (Å²) in [5.41, 5.74) is 7.86. The average molecular weight is 296 g/mol. The molecule has 0 atom stereocenters. The molecule has 22 heavy (non-hydrogen) atoms. The first kappa shape index (κ1) is 16.4. The van der Waals surface area contributed by atoms with E-state index in [1.165, 1.54) is 33.6 Å². The molecule has 0 saturated carbocycles. The van der Waals surface area contributed by atoms with Gasteiger partial charge in [-0.1, -0.05) is 49.7 Å². The maximum Gasteiger partial charge on any atom is 0.0400 e. The average Bonchev–Trinajstić information content (AvgIpc) is 2.45. The molecule has 2 rings (SSSR count). The molecule has 118 valence electrons. The van der Waals surface area contributed by atoms with Gasteiger partial charge < -0.3 is 10.6 Å². The Labute approximate surface area is 135 Å². The Morgan fingerprint density at radius 2 is 1.45 bits per heavy atom. The molecule has 2 heteroatoms. The lowest BCUT2D eigenvalue weighted by Crippen LogP contribution is -2.16. The minimum Gasteiger partial charge on any atom is -0.383 e. The molecule has 0 aliphatic rings. The number of anilines is 2. The SMILES string of the molecule is Cc1cc(C)c(NCCNc2ccccc2C(C)C)c(C)c1. The largest absolute Gasteiger partial charge is 0.383 e. The Kier molecular flexibility index (Phi) is 5.48.